The highest BCUT2D eigenvalue weighted by atomic mass is 19.1. The molecule has 6 N–H and O–H groups in total. The Morgan fingerprint density at radius 2 is 2.20 bits per heavy atom. The Morgan fingerprint density at radius 3 is 2.85 bits per heavy atom. The van der Waals surface area contributed by atoms with E-state index < -0.39 is 11.7 Å². The first-order chi connectivity index (χ1) is 9.54. The summed E-state index contributed by atoms with van der Waals surface area (Å²) in [5.41, 5.74) is 11.4. The second-order valence-corrected chi connectivity index (χ2v) is 3.98. The van der Waals surface area contributed by atoms with Crippen molar-refractivity contribution in [2.24, 2.45) is 16.6 Å². The van der Waals surface area contributed by atoms with Gasteiger partial charge in [0, 0.05) is 18.7 Å². The maximum atomic E-state index is 13.1. The van der Waals surface area contributed by atoms with Crippen molar-refractivity contribution in [2.45, 2.75) is 6.54 Å². The van der Waals surface area contributed by atoms with Gasteiger partial charge >= 0.3 is 0 Å². The van der Waals surface area contributed by atoms with Crippen molar-refractivity contribution < 1.29 is 19.1 Å². The highest BCUT2D eigenvalue weighted by molar-refractivity contribution is 5.98. The number of nitrogens with two attached hydrogens (primary N) is 2. The number of rotatable bonds is 8. The van der Waals surface area contributed by atoms with Gasteiger partial charge in [-0.3, -0.25) is 4.79 Å². The maximum Gasteiger partial charge on any atom is 0.243 e. The van der Waals surface area contributed by atoms with Gasteiger partial charge in [-0.05, 0) is 17.7 Å². The summed E-state index contributed by atoms with van der Waals surface area (Å²) < 4.78 is 18.1. The summed E-state index contributed by atoms with van der Waals surface area (Å²) >= 11 is 0. The summed E-state index contributed by atoms with van der Waals surface area (Å²) in [7, 11) is 0. The van der Waals surface area contributed by atoms with Crippen LogP contribution in [-0.4, -0.2) is 36.7 Å². The number of primary amides is 1. The molecule has 1 aromatic carbocycles. The molecule has 0 saturated heterocycles. The zero-order valence-corrected chi connectivity index (χ0v) is 10.8. The van der Waals surface area contributed by atoms with E-state index in [-0.39, 0.29) is 12.4 Å². The third-order valence-corrected chi connectivity index (χ3v) is 2.44. The summed E-state index contributed by atoms with van der Waals surface area (Å²) in [4.78, 5) is 10.4. The average molecular weight is 284 g/mol. The monoisotopic (exact) mass is 284 g/mol. The standard InChI is InChI=1S/C12H17FN4O3/c13-9-2-1-8(10(5-9)12(15)17-19)6-16-3-4-20-7-11(14)18/h1-2,5,16,19H,3-4,6-7H2,(H2,14,18)(H2,15,17). The summed E-state index contributed by atoms with van der Waals surface area (Å²) in [6.45, 7) is 1.03. The first kappa shape index (κ1) is 15.9. The molecule has 0 unspecified atom stereocenters. The van der Waals surface area contributed by atoms with Gasteiger partial charge in [-0.15, -0.1) is 0 Å². The Kier molecular flexibility index (Phi) is 6.41. The van der Waals surface area contributed by atoms with Gasteiger partial charge in [0.25, 0.3) is 0 Å². The summed E-state index contributed by atoms with van der Waals surface area (Å²) in [5, 5.41) is 14.5. The third kappa shape index (κ3) is 5.21. The highest BCUT2D eigenvalue weighted by Crippen LogP contribution is 2.11. The molecule has 7 nitrogen and oxygen atoms in total. The minimum absolute atomic E-state index is 0.131. The Balaban J connectivity index is 2.49. The lowest BCUT2D eigenvalue weighted by atomic mass is 10.1. The quantitative estimate of drug-likeness (QED) is 0.169. The van der Waals surface area contributed by atoms with E-state index in [0.29, 0.717) is 30.8 Å². The van der Waals surface area contributed by atoms with Crippen LogP contribution in [0, 0.1) is 5.82 Å². The number of carbonyl (C=O) groups excluding carboxylic acids is 1. The number of halogens is 1. The summed E-state index contributed by atoms with van der Waals surface area (Å²) in [6.07, 6.45) is 0. The van der Waals surface area contributed by atoms with Crippen molar-refractivity contribution in [2.75, 3.05) is 19.8 Å². The molecule has 0 heterocycles. The maximum absolute atomic E-state index is 13.1. The van der Waals surface area contributed by atoms with Gasteiger partial charge in [-0.25, -0.2) is 4.39 Å². The minimum Gasteiger partial charge on any atom is -0.409 e. The molecule has 1 aromatic rings. The fourth-order valence-corrected chi connectivity index (χ4v) is 1.54. The van der Waals surface area contributed by atoms with Crippen LogP contribution in [0.4, 0.5) is 4.39 Å². The zero-order valence-electron chi connectivity index (χ0n) is 10.8. The number of nitrogens with one attached hydrogen (secondary N) is 1. The topological polar surface area (TPSA) is 123 Å². The molecule has 1 rings (SSSR count). The SMILES string of the molecule is NC(=O)COCCNCc1ccc(F)cc1/C(N)=N/O. The molecule has 0 aliphatic heterocycles. The lowest BCUT2D eigenvalue weighted by molar-refractivity contribution is -0.122. The molecule has 0 aliphatic carbocycles. The predicted octanol–water partition coefficient (Wildman–Crippen LogP) is -0.488. The van der Waals surface area contributed by atoms with E-state index >= 15 is 0 Å². The molecule has 8 heteroatoms. The molecule has 0 radical (unpaired) electrons. The van der Waals surface area contributed by atoms with Crippen LogP contribution >= 0.6 is 0 Å². The Hall–Kier alpha value is -2.19. The molecular formula is C12H17FN4O3. The number of ether oxygens (including phenoxy) is 1. The lowest BCUT2D eigenvalue weighted by Crippen LogP contribution is -2.25. The molecule has 110 valence electrons. The van der Waals surface area contributed by atoms with Gasteiger partial charge in [-0.2, -0.15) is 0 Å². The van der Waals surface area contributed by atoms with E-state index in [1.54, 1.807) is 6.07 Å². The molecule has 0 fully saturated rings. The molecule has 0 atom stereocenters. The summed E-state index contributed by atoms with van der Waals surface area (Å²) in [5.74, 6) is -1.16. The van der Waals surface area contributed by atoms with Crippen molar-refractivity contribution in [1.29, 1.82) is 0 Å². The van der Waals surface area contributed by atoms with Crippen LogP contribution in [0.1, 0.15) is 11.1 Å². The van der Waals surface area contributed by atoms with E-state index in [0.717, 1.165) is 0 Å². The van der Waals surface area contributed by atoms with Gasteiger partial charge in [0.15, 0.2) is 5.84 Å². The fraction of sp³-hybridized carbons (Fsp3) is 0.333. The second kappa shape index (κ2) is 8.08. The number of hydrogen-bond acceptors (Lipinski definition) is 5. The molecule has 20 heavy (non-hydrogen) atoms. The van der Waals surface area contributed by atoms with Crippen molar-refractivity contribution in [3.05, 3.63) is 35.1 Å². The first-order valence-corrected chi connectivity index (χ1v) is 5.87. The Labute approximate surface area is 115 Å². The van der Waals surface area contributed by atoms with Crippen LogP contribution in [0.15, 0.2) is 23.4 Å². The Bertz CT molecular complexity index is 494. The van der Waals surface area contributed by atoms with Crippen LogP contribution in [0.5, 0.6) is 0 Å². The van der Waals surface area contributed by atoms with Crippen molar-refractivity contribution in [3.63, 3.8) is 0 Å². The smallest absolute Gasteiger partial charge is 0.243 e. The number of amides is 1. The molecule has 1 amide bonds. The van der Waals surface area contributed by atoms with Crippen LogP contribution in [-0.2, 0) is 16.1 Å². The van der Waals surface area contributed by atoms with Gasteiger partial charge in [0.1, 0.15) is 12.4 Å². The number of oxime groups is 1. The van der Waals surface area contributed by atoms with E-state index in [2.05, 4.69) is 10.5 Å². The van der Waals surface area contributed by atoms with E-state index in [4.69, 9.17) is 21.4 Å². The molecule has 0 saturated carbocycles. The van der Waals surface area contributed by atoms with Gasteiger partial charge in [-0.1, -0.05) is 11.2 Å². The van der Waals surface area contributed by atoms with E-state index in [9.17, 15) is 9.18 Å². The van der Waals surface area contributed by atoms with Crippen molar-refractivity contribution in [1.82, 2.24) is 5.32 Å². The molecular weight excluding hydrogens is 267 g/mol. The number of carbonyl (C=O) groups is 1. The summed E-state index contributed by atoms with van der Waals surface area (Å²) in [6, 6.07) is 4.02. The van der Waals surface area contributed by atoms with Gasteiger partial charge in [0.05, 0.1) is 6.61 Å². The van der Waals surface area contributed by atoms with Crippen LogP contribution in [0.2, 0.25) is 0 Å². The van der Waals surface area contributed by atoms with Crippen molar-refractivity contribution >= 4 is 11.7 Å². The fourth-order valence-electron chi connectivity index (χ4n) is 1.54. The number of hydrogen-bond donors (Lipinski definition) is 4. The van der Waals surface area contributed by atoms with Gasteiger partial charge < -0.3 is 26.7 Å². The van der Waals surface area contributed by atoms with Crippen LogP contribution in [0.25, 0.3) is 0 Å². The van der Waals surface area contributed by atoms with E-state index in [1.165, 1.54) is 12.1 Å². The molecule has 0 bridgehead atoms. The van der Waals surface area contributed by atoms with Gasteiger partial charge in [0.2, 0.25) is 5.91 Å². The third-order valence-electron chi connectivity index (χ3n) is 2.44. The van der Waals surface area contributed by atoms with Crippen molar-refractivity contribution in [3.8, 4) is 0 Å². The van der Waals surface area contributed by atoms with E-state index in [1.807, 2.05) is 0 Å². The number of amidine groups is 1. The zero-order chi connectivity index (χ0) is 15.0. The average Bonchev–Trinajstić information content (AvgIpc) is 2.42. The number of nitrogens with zero attached hydrogens (tertiary/aromatic N) is 1. The number of benzene rings is 1. The second-order valence-electron chi connectivity index (χ2n) is 3.98. The molecule has 0 spiro atoms. The highest BCUT2D eigenvalue weighted by Gasteiger charge is 2.08. The van der Waals surface area contributed by atoms with Crippen LogP contribution < -0.4 is 16.8 Å². The normalized spacial score (nSPS) is 11.6. The Morgan fingerprint density at radius 1 is 1.45 bits per heavy atom. The minimum atomic E-state index is -0.530. The first-order valence-electron chi connectivity index (χ1n) is 5.87. The predicted molar refractivity (Wildman–Crippen MR) is 70.6 cm³/mol. The lowest BCUT2D eigenvalue weighted by Gasteiger charge is -2.10. The largest absolute Gasteiger partial charge is 0.409 e. The molecule has 0 aliphatic rings. The molecule has 0 aromatic heterocycles. The van der Waals surface area contributed by atoms with Crippen LogP contribution in [0.3, 0.4) is 0 Å².